The number of hydrogen-bond acceptors (Lipinski definition) is 3. The van der Waals surface area contributed by atoms with E-state index in [1.165, 1.54) is 18.1 Å². The number of nitrogens with two attached hydrogens (primary N) is 1. The molecule has 0 spiro atoms. The van der Waals surface area contributed by atoms with Gasteiger partial charge in [0.2, 0.25) is 5.91 Å². The fourth-order valence-corrected chi connectivity index (χ4v) is 2.04. The molecule has 5 heteroatoms. The fourth-order valence-electron chi connectivity index (χ4n) is 2.04. The molecule has 1 aliphatic heterocycles. The third-order valence-corrected chi connectivity index (χ3v) is 2.99. The minimum Gasteiger partial charge on any atom is -0.494 e. The van der Waals surface area contributed by atoms with Gasteiger partial charge in [-0.1, -0.05) is 6.07 Å². The predicted octanol–water partition coefficient (Wildman–Crippen LogP) is 1.15. The van der Waals surface area contributed by atoms with Crippen LogP contribution in [0.2, 0.25) is 0 Å². The van der Waals surface area contributed by atoms with Crippen LogP contribution in [0.25, 0.3) is 0 Å². The molecule has 1 atom stereocenters. The molecule has 1 aromatic rings. The molecule has 0 saturated carbocycles. The molecule has 1 unspecified atom stereocenters. The summed E-state index contributed by atoms with van der Waals surface area (Å²) in [4.78, 5) is 13.2. The zero-order chi connectivity index (χ0) is 12.4. The predicted molar refractivity (Wildman–Crippen MR) is 62.5 cm³/mol. The second-order valence-corrected chi connectivity index (χ2v) is 4.10. The topological polar surface area (TPSA) is 55.6 Å². The normalized spacial score (nSPS) is 19.8. The Labute approximate surface area is 99.2 Å². The first-order chi connectivity index (χ1) is 8.17. The van der Waals surface area contributed by atoms with Gasteiger partial charge < -0.3 is 15.4 Å². The van der Waals surface area contributed by atoms with Gasteiger partial charge in [-0.05, 0) is 24.6 Å². The van der Waals surface area contributed by atoms with Gasteiger partial charge in [-0.25, -0.2) is 4.39 Å². The summed E-state index contributed by atoms with van der Waals surface area (Å²) in [7, 11) is 1.40. The number of anilines is 1. The highest BCUT2D eigenvalue weighted by Crippen LogP contribution is 2.31. The first-order valence-corrected chi connectivity index (χ1v) is 5.50. The molecule has 4 nitrogen and oxygen atoms in total. The van der Waals surface area contributed by atoms with Crippen molar-refractivity contribution in [2.24, 2.45) is 11.7 Å². The molecule has 92 valence electrons. The van der Waals surface area contributed by atoms with Crippen LogP contribution in [0.15, 0.2) is 18.2 Å². The summed E-state index contributed by atoms with van der Waals surface area (Å²) in [5.74, 6) is -0.340. The zero-order valence-electron chi connectivity index (χ0n) is 9.65. The lowest BCUT2D eigenvalue weighted by Gasteiger charge is -2.18. The monoisotopic (exact) mass is 238 g/mol. The van der Waals surface area contributed by atoms with Crippen LogP contribution in [-0.2, 0) is 4.79 Å². The van der Waals surface area contributed by atoms with Crippen molar-refractivity contribution in [1.29, 1.82) is 0 Å². The van der Waals surface area contributed by atoms with E-state index >= 15 is 0 Å². The van der Waals surface area contributed by atoms with Crippen LogP contribution in [0.1, 0.15) is 6.42 Å². The summed E-state index contributed by atoms with van der Waals surface area (Å²) in [6, 6.07) is 4.77. The average molecular weight is 238 g/mol. The van der Waals surface area contributed by atoms with Gasteiger partial charge in [-0.3, -0.25) is 4.79 Å². The number of rotatable bonds is 3. The highest BCUT2D eigenvalue weighted by molar-refractivity contribution is 5.96. The molecule has 0 bridgehead atoms. The Bertz CT molecular complexity index is 437. The zero-order valence-corrected chi connectivity index (χ0v) is 9.65. The molecule has 17 heavy (non-hydrogen) atoms. The molecule has 1 heterocycles. The number of halogens is 1. The Kier molecular flexibility index (Phi) is 3.28. The van der Waals surface area contributed by atoms with Gasteiger partial charge in [0.05, 0.1) is 12.8 Å². The summed E-state index contributed by atoms with van der Waals surface area (Å²) in [6.07, 6.45) is 0.382. The van der Waals surface area contributed by atoms with Crippen LogP contribution in [0.4, 0.5) is 10.1 Å². The Balaban J connectivity index is 2.32. The van der Waals surface area contributed by atoms with Crippen molar-refractivity contribution in [2.45, 2.75) is 6.42 Å². The molecular weight excluding hydrogens is 223 g/mol. The summed E-state index contributed by atoms with van der Waals surface area (Å²) in [5, 5.41) is 0. The van der Waals surface area contributed by atoms with Crippen molar-refractivity contribution < 1.29 is 13.9 Å². The van der Waals surface area contributed by atoms with Gasteiger partial charge >= 0.3 is 0 Å². The smallest absolute Gasteiger partial charge is 0.227 e. The van der Waals surface area contributed by atoms with E-state index in [2.05, 4.69) is 0 Å². The lowest BCUT2D eigenvalue weighted by atomic mass is 10.1. The quantitative estimate of drug-likeness (QED) is 0.859. The maximum absolute atomic E-state index is 14.0. The maximum atomic E-state index is 14.0. The maximum Gasteiger partial charge on any atom is 0.227 e. The van der Waals surface area contributed by atoms with Crippen molar-refractivity contribution in [3.05, 3.63) is 24.0 Å². The molecule has 1 amide bonds. The van der Waals surface area contributed by atoms with Gasteiger partial charge in [0.15, 0.2) is 11.6 Å². The number of amides is 1. The second kappa shape index (κ2) is 4.71. The second-order valence-electron chi connectivity index (χ2n) is 4.10. The van der Waals surface area contributed by atoms with Crippen molar-refractivity contribution in [3.63, 3.8) is 0 Å². The standard InChI is InChI=1S/C12H15FN2O2/c1-17-10-4-2-3-9(12(10)13)15-7-8(6-14)5-11(15)16/h2-4,8H,5-7,14H2,1H3. The Morgan fingerprint density at radius 1 is 1.59 bits per heavy atom. The molecule has 2 N–H and O–H groups in total. The average Bonchev–Trinajstić information content (AvgIpc) is 2.71. The molecule has 1 saturated heterocycles. The molecule has 0 aromatic heterocycles. The van der Waals surface area contributed by atoms with Crippen LogP contribution >= 0.6 is 0 Å². The number of nitrogens with zero attached hydrogens (tertiary/aromatic N) is 1. The number of benzene rings is 1. The van der Waals surface area contributed by atoms with E-state index < -0.39 is 5.82 Å². The van der Waals surface area contributed by atoms with E-state index in [-0.39, 0.29) is 23.3 Å². The molecule has 1 fully saturated rings. The Hall–Kier alpha value is -1.62. The minimum atomic E-state index is -0.499. The van der Waals surface area contributed by atoms with E-state index in [4.69, 9.17) is 10.5 Å². The Morgan fingerprint density at radius 2 is 2.35 bits per heavy atom. The number of carbonyl (C=O) groups excluding carboxylic acids is 1. The molecular formula is C12H15FN2O2. The first-order valence-electron chi connectivity index (χ1n) is 5.50. The molecule has 1 aliphatic rings. The highest BCUT2D eigenvalue weighted by atomic mass is 19.1. The van der Waals surface area contributed by atoms with Crippen LogP contribution in [0.3, 0.4) is 0 Å². The fraction of sp³-hybridized carbons (Fsp3) is 0.417. The molecule has 1 aromatic carbocycles. The van der Waals surface area contributed by atoms with Crippen molar-refractivity contribution in [3.8, 4) is 5.75 Å². The van der Waals surface area contributed by atoms with E-state index in [1.54, 1.807) is 12.1 Å². The lowest BCUT2D eigenvalue weighted by molar-refractivity contribution is -0.117. The molecule has 0 radical (unpaired) electrons. The summed E-state index contributed by atoms with van der Waals surface area (Å²) < 4.78 is 18.9. The summed E-state index contributed by atoms with van der Waals surface area (Å²) >= 11 is 0. The van der Waals surface area contributed by atoms with Crippen LogP contribution < -0.4 is 15.4 Å². The number of hydrogen-bond donors (Lipinski definition) is 1. The van der Waals surface area contributed by atoms with E-state index in [1.807, 2.05) is 0 Å². The van der Waals surface area contributed by atoms with Crippen molar-refractivity contribution in [2.75, 3.05) is 25.1 Å². The lowest BCUT2D eigenvalue weighted by Crippen LogP contribution is -2.26. The van der Waals surface area contributed by atoms with Gasteiger partial charge in [-0.15, -0.1) is 0 Å². The van der Waals surface area contributed by atoms with Crippen LogP contribution in [0.5, 0.6) is 5.75 Å². The van der Waals surface area contributed by atoms with Crippen molar-refractivity contribution in [1.82, 2.24) is 0 Å². The Morgan fingerprint density at radius 3 is 2.94 bits per heavy atom. The van der Waals surface area contributed by atoms with E-state index in [9.17, 15) is 9.18 Å². The van der Waals surface area contributed by atoms with Gasteiger partial charge in [0.25, 0.3) is 0 Å². The third-order valence-electron chi connectivity index (χ3n) is 2.99. The SMILES string of the molecule is COc1cccc(N2CC(CN)CC2=O)c1F. The highest BCUT2D eigenvalue weighted by Gasteiger charge is 2.31. The van der Waals surface area contributed by atoms with Crippen LogP contribution in [-0.4, -0.2) is 26.1 Å². The first kappa shape index (κ1) is 11.9. The largest absolute Gasteiger partial charge is 0.494 e. The van der Waals surface area contributed by atoms with E-state index in [0.717, 1.165) is 0 Å². The van der Waals surface area contributed by atoms with Crippen LogP contribution in [0, 0.1) is 11.7 Å². The number of ether oxygens (including phenoxy) is 1. The van der Waals surface area contributed by atoms with Gasteiger partial charge in [-0.2, -0.15) is 0 Å². The minimum absolute atomic E-state index is 0.0902. The summed E-state index contributed by atoms with van der Waals surface area (Å²) in [6.45, 7) is 0.910. The summed E-state index contributed by atoms with van der Waals surface area (Å²) in [5.41, 5.74) is 5.80. The number of methoxy groups -OCH3 is 1. The van der Waals surface area contributed by atoms with Gasteiger partial charge in [0, 0.05) is 13.0 Å². The number of carbonyl (C=O) groups is 1. The van der Waals surface area contributed by atoms with E-state index in [0.29, 0.717) is 19.5 Å². The van der Waals surface area contributed by atoms with Gasteiger partial charge in [0.1, 0.15) is 0 Å². The van der Waals surface area contributed by atoms with Crippen molar-refractivity contribution >= 4 is 11.6 Å². The molecule has 0 aliphatic carbocycles. The molecule has 2 rings (SSSR count). The third kappa shape index (κ3) is 2.10.